The molecule has 0 saturated heterocycles. The van der Waals surface area contributed by atoms with Crippen LogP contribution in [0.4, 0.5) is 0 Å². The summed E-state index contributed by atoms with van der Waals surface area (Å²) in [6, 6.07) is 7.90. The number of halogens is 1. The smallest absolute Gasteiger partial charge is 0.223 e. The van der Waals surface area contributed by atoms with Gasteiger partial charge in [-0.05, 0) is 56.3 Å². The van der Waals surface area contributed by atoms with E-state index in [4.69, 9.17) is 17.3 Å². The number of nitrogens with two attached hydrogens (primary N) is 1. The Morgan fingerprint density at radius 2 is 2.19 bits per heavy atom. The summed E-state index contributed by atoms with van der Waals surface area (Å²) in [7, 11) is 0. The van der Waals surface area contributed by atoms with E-state index in [0.717, 1.165) is 36.3 Å². The fourth-order valence-corrected chi connectivity index (χ4v) is 3.47. The summed E-state index contributed by atoms with van der Waals surface area (Å²) < 4.78 is 0. The Bertz CT molecular complexity index is 478. The maximum atomic E-state index is 12.4. The van der Waals surface area contributed by atoms with E-state index in [2.05, 4.69) is 5.32 Å². The molecule has 1 aromatic rings. The number of hydrogen-bond acceptors (Lipinski definition) is 2. The van der Waals surface area contributed by atoms with E-state index < -0.39 is 0 Å². The van der Waals surface area contributed by atoms with Crippen molar-refractivity contribution in [2.75, 3.05) is 6.54 Å². The van der Waals surface area contributed by atoms with Gasteiger partial charge in [0.2, 0.25) is 5.91 Å². The van der Waals surface area contributed by atoms with Crippen molar-refractivity contribution in [1.82, 2.24) is 5.32 Å². The lowest BCUT2D eigenvalue weighted by Gasteiger charge is -2.30. The number of hydrogen-bond donors (Lipinski definition) is 2. The summed E-state index contributed by atoms with van der Waals surface area (Å²) in [6.07, 6.45) is 5.18. The second kappa shape index (κ2) is 7.81. The van der Waals surface area contributed by atoms with Gasteiger partial charge in [0.25, 0.3) is 0 Å². The van der Waals surface area contributed by atoms with E-state index in [1.165, 1.54) is 6.42 Å². The van der Waals surface area contributed by atoms with Crippen molar-refractivity contribution >= 4 is 17.5 Å². The molecule has 1 fully saturated rings. The first-order chi connectivity index (χ1) is 10.1. The molecule has 4 heteroatoms. The highest BCUT2D eigenvalue weighted by atomic mass is 35.5. The fourth-order valence-electron chi connectivity index (χ4n) is 3.25. The number of amides is 1. The standard InChI is InChI=1S/C17H25ClN2O/c1-12(9-13-5-4-7-15(18)10-13)20-17(21)16-8-3-2-6-14(16)11-19/h4-5,7,10,12,14,16H,2-3,6,8-9,11,19H2,1H3,(H,20,21). The van der Waals surface area contributed by atoms with Gasteiger partial charge in [-0.1, -0.05) is 36.6 Å². The van der Waals surface area contributed by atoms with Gasteiger partial charge in [-0.15, -0.1) is 0 Å². The van der Waals surface area contributed by atoms with Crippen LogP contribution in [0.5, 0.6) is 0 Å². The first kappa shape index (κ1) is 16.3. The first-order valence-electron chi connectivity index (χ1n) is 7.85. The van der Waals surface area contributed by atoms with Crippen molar-refractivity contribution in [2.24, 2.45) is 17.6 Å². The molecule has 1 amide bonds. The minimum Gasteiger partial charge on any atom is -0.353 e. The third kappa shape index (κ3) is 4.72. The summed E-state index contributed by atoms with van der Waals surface area (Å²) in [4.78, 5) is 12.4. The highest BCUT2D eigenvalue weighted by Crippen LogP contribution is 2.29. The van der Waals surface area contributed by atoms with Crippen molar-refractivity contribution in [2.45, 2.75) is 45.1 Å². The molecule has 0 radical (unpaired) electrons. The predicted molar refractivity (Wildman–Crippen MR) is 87.3 cm³/mol. The molecule has 0 aromatic heterocycles. The number of carbonyl (C=O) groups excluding carboxylic acids is 1. The Morgan fingerprint density at radius 3 is 2.90 bits per heavy atom. The molecular formula is C17H25ClN2O. The highest BCUT2D eigenvalue weighted by Gasteiger charge is 2.30. The normalized spacial score (nSPS) is 23.6. The van der Waals surface area contributed by atoms with Crippen LogP contribution in [0.15, 0.2) is 24.3 Å². The van der Waals surface area contributed by atoms with Gasteiger partial charge < -0.3 is 11.1 Å². The quantitative estimate of drug-likeness (QED) is 0.878. The zero-order valence-electron chi connectivity index (χ0n) is 12.6. The van der Waals surface area contributed by atoms with E-state index in [1.807, 2.05) is 31.2 Å². The van der Waals surface area contributed by atoms with Crippen LogP contribution in [0.3, 0.4) is 0 Å². The second-order valence-electron chi connectivity index (χ2n) is 6.13. The van der Waals surface area contributed by atoms with Crippen LogP contribution in [-0.4, -0.2) is 18.5 Å². The van der Waals surface area contributed by atoms with Gasteiger partial charge >= 0.3 is 0 Å². The third-order valence-electron chi connectivity index (χ3n) is 4.37. The lowest BCUT2D eigenvalue weighted by atomic mass is 9.78. The average Bonchev–Trinajstić information content (AvgIpc) is 2.47. The lowest BCUT2D eigenvalue weighted by Crippen LogP contribution is -2.43. The van der Waals surface area contributed by atoms with Crippen LogP contribution < -0.4 is 11.1 Å². The van der Waals surface area contributed by atoms with Gasteiger partial charge in [-0.2, -0.15) is 0 Å². The van der Waals surface area contributed by atoms with Gasteiger partial charge in [0.05, 0.1) is 0 Å². The van der Waals surface area contributed by atoms with Crippen molar-refractivity contribution in [1.29, 1.82) is 0 Å². The molecule has 0 heterocycles. The van der Waals surface area contributed by atoms with Crippen molar-refractivity contribution in [3.05, 3.63) is 34.9 Å². The Balaban J connectivity index is 1.89. The SMILES string of the molecule is CC(Cc1cccc(Cl)c1)NC(=O)C1CCCCC1CN. The lowest BCUT2D eigenvalue weighted by molar-refractivity contribution is -0.128. The molecule has 0 aliphatic heterocycles. The zero-order chi connectivity index (χ0) is 15.2. The van der Waals surface area contributed by atoms with Gasteiger partial charge in [-0.3, -0.25) is 4.79 Å². The Hall–Kier alpha value is -1.06. The van der Waals surface area contributed by atoms with Crippen LogP contribution in [-0.2, 0) is 11.2 Å². The monoisotopic (exact) mass is 308 g/mol. The molecule has 0 spiro atoms. The van der Waals surface area contributed by atoms with Gasteiger partial charge in [0, 0.05) is 17.0 Å². The minimum absolute atomic E-state index is 0.0885. The largest absolute Gasteiger partial charge is 0.353 e. The van der Waals surface area contributed by atoms with E-state index in [-0.39, 0.29) is 17.9 Å². The molecule has 1 aliphatic carbocycles. The van der Waals surface area contributed by atoms with Crippen molar-refractivity contribution in [3.63, 3.8) is 0 Å². The van der Waals surface area contributed by atoms with Crippen LogP contribution >= 0.6 is 11.6 Å². The van der Waals surface area contributed by atoms with Gasteiger partial charge in [0.15, 0.2) is 0 Å². The van der Waals surface area contributed by atoms with E-state index in [9.17, 15) is 4.79 Å². The van der Waals surface area contributed by atoms with Crippen LogP contribution in [0.25, 0.3) is 0 Å². The Labute approximate surface area is 132 Å². The van der Waals surface area contributed by atoms with E-state index in [0.29, 0.717) is 12.5 Å². The molecule has 3 nitrogen and oxygen atoms in total. The summed E-state index contributed by atoms with van der Waals surface area (Å²) >= 11 is 5.99. The maximum Gasteiger partial charge on any atom is 0.223 e. The van der Waals surface area contributed by atoms with E-state index in [1.54, 1.807) is 0 Å². The average molecular weight is 309 g/mol. The number of nitrogens with one attached hydrogen (secondary N) is 1. The number of rotatable bonds is 5. The second-order valence-corrected chi connectivity index (χ2v) is 6.57. The molecule has 3 atom stereocenters. The molecule has 2 rings (SSSR count). The molecular weight excluding hydrogens is 284 g/mol. The first-order valence-corrected chi connectivity index (χ1v) is 8.23. The molecule has 1 aliphatic rings. The number of carbonyl (C=O) groups is 1. The third-order valence-corrected chi connectivity index (χ3v) is 4.60. The van der Waals surface area contributed by atoms with Crippen LogP contribution in [0.1, 0.15) is 38.2 Å². The van der Waals surface area contributed by atoms with Crippen molar-refractivity contribution in [3.8, 4) is 0 Å². The Kier molecular flexibility index (Phi) is 6.07. The van der Waals surface area contributed by atoms with E-state index >= 15 is 0 Å². The van der Waals surface area contributed by atoms with Crippen LogP contribution in [0.2, 0.25) is 5.02 Å². The van der Waals surface area contributed by atoms with Crippen LogP contribution in [0, 0.1) is 11.8 Å². The molecule has 0 bridgehead atoms. The summed E-state index contributed by atoms with van der Waals surface area (Å²) in [5.74, 6) is 0.599. The highest BCUT2D eigenvalue weighted by molar-refractivity contribution is 6.30. The van der Waals surface area contributed by atoms with Gasteiger partial charge in [0.1, 0.15) is 0 Å². The fraction of sp³-hybridized carbons (Fsp3) is 0.588. The molecule has 21 heavy (non-hydrogen) atoms. The molecule has 3 unspecified atom stereocenters. The summed E-state index contributed by atoms with van der Waals surface area (Å²) in [5.41, 5.74) is 6.96. The topological polar surface area (TPSA) is 55.1 Å². The summed E-state index contributed by atoms with van der Waals surface area (Å²) in [5, 5.41) is 3.88. The summed E-state index contributed by atoms with van der Waals surface area (Å²) in [6.45, 7) is 2.65. The molecule has 1 saturated carbocycles. The van der Waals surface area contributed by atoms with Crippen molar-refractivity contribution < 1.29 is 4.79 Å². The Morgan fingerprint density at radius 1 is 1.43 bits per heavy atom. The number of benzene rings is 1. The molecule has 3 N–H and O–H groups in total. The molecule has 116 valence electrons. The minimum atomic E-state index is 0.0885. The van der Waals surface area contributed by atoms with Gasteiger partial charge in [-0.25, -0.2) is 0 Å². The maximum absolute atomic E-state index is 12.4. The molecule has 1 aromatic carbocycles. The zero-order valence-corrected chi connectivity index (χ0v) is 13.4. The predicted octanol–water partition coefficient (Wildman–Crippen LogP) is 3.15.